The molecule has 0 heterocycles. The molecule has 0 atom stereocenters. The number of guanidine groups is 1. The molecule has 0 aliphatic carbocycles. The van der Waals surface area contributed by atoms with Crippen molar-refractivity contribution in [3.63, 3.8) is 0 Å². The average molecular weight is 15900 g/mol. The summed E-state index contributed by atoms with van der Waals surface area (Å²) in [7, 11) is -40.4. The van der Waals surface area contributed by atoms with Crippen LogP contribution in [0.2, 0.25) is 0 Å². The van der Waals surface area contributed by atoms with Crippen LogP contribution >= 0.6 is 1640 Å². The summed E-state index contributed by atoms with van der Waals surface area (Å²) in [6.45, 7) is 0.640. The van der Waals surface area contributed by atoms with Crippen LogP contribution in [0.4, 0.5) is 0 Å². The summed E-state index contributed by atoms with van der Waals surface area (Å²) in [6.07, 6.45) is 0. The number of nitrogens with zero attached hydrogens (tertiary/aromatic N) is 1. The fourth-order valence-corrected chi connectivity index (χ4v) is 24800. The Kier molecular flexibility index (Phi) is 218. The number of nitrogens with two attached hydrogens (primary N) is 2. The molecule has 135 heavy (non-hydrogen) atoms. The number of halogens is 124. The Labute approximate surface area is 1610 Å². The third-order valence-electron chi connectivity index (χ3n) is 6.45. The van der Waals surface area contributed by atoms with Gasteiger partial charge >= 0.3 is 1720 Å². The fourth-order valence-electron chi connectivity index (χ4n) is 2.81. The topological polar surface area (TPSA) is 64.4 Å². The third kappa shape index (κ3) is 88.9. The molecule has 0 amide bonds. The van der Waals surface area contributed by atoms with Crippen molar-refractivity contribution in [2.75, 3.05) is 0 Å². The summed E-state index contributed by atoms with van der Waals surface area (Å²) < 4.78 is 1.74. The van der Waals surface area contributed by atoms with E-state index in [1.54, 1.807) is 3.57 Å². The molecule has 3 nitrogen and oxygen atoms in total. The van der Waals surface area contributed by atoms with E-state index in [9.17, 15) is 0 Å². The van der Waals surface area contributed by atoms with Gasteiger partial charge in [-0.2, -0.15) is 0 Å². The molecule has 0 spiro atoms. The molecule has 0 fully saturated rings. The Morgan fingerprint density at radius 2 is 0.289 bits per heavy atom. The van der Waals surface area contributed by atoms with E-state index in [2.05, 4.69) is 1180 Å². The first-order valence-corrected chi connectivity index (χ1v) is 795. The number of hydrogen-bond donors (Lipinski definition) is 2. The fraction of sp³-hybridized carbons (Fsp3) is 0.125. The van der Waals surface area contributed by atoms with Gasteiger partial charge < -0.3 is 0 Å². The number of rotatable bonds is 64. The summed E-state index contributed by atoms with van der Waals surface area (Å²) in [5.41, 5.74) is 12.8. The zero-order valence-corrected chi connectivity index (χ0v) is 321. The van der Waals surface area contributed by atoms with E-state index in [0.717, 1.165) is 0 Å². The van der Waals surface area contributed by atoms with Gasteiger partial charge in [-0.05, 0) is 0 Å². The van der Waals surface area contributed by atoms with Crippen LogP contribution in [-0.4, -0.2) is 5.96 Å². The zero-order chi connectivity index (χ0) is 106. The van der Waals surface area contributed by atoms with E-state index in [-0.39, 0.29) is 5.96 Å². The number of benzene rings is 1. The van der Waals surface area contributed by atoms with Crippen molar-refractivity contribution < 1.29 is 13.3 Å². The Morgan fingerprint density at radius 3 is 0.400 bits per heavy atom. The molecule has 0 saturated heterocycles. The van der Waals surface area contributed by atoms with Crippen molar-refractivity contribution in [3.8, 4) is 0 Å². The molecule has 4 N–H and O–H groups in total. The molecular formula is C8H10I124N3-. The summed E-state index contributed by atoms with van der Waals surface area (Å²) in [5.74, 6) is 0.222. The van der Waals surface area contributed by atoms with E-state index in [4.69, 9.17) is 11.5 Å². The monoisotopic (exact) mass is 15900 g/mol. The molecule has 0 aliphatic rings. The molecule has 0 bridgehead atoms. The summed E-state index contributed by atoms with van der Waals surface area (Å²) in [6, 6.07) is 9.58. The molecular weight excluding hydrogens is 15900 g/mol. The molecule has 127 heteroatoms. The normalized spacial score (nSPS) is 18.6. The van der Waals surface area contributed by atoms with Crippen molar-refractivity contribution in [1.82, 2.24) is 0 Å². The Balaban J connectivity index is 3.04. The Bertz CT molecular complexity index is 3220. The first-order valence-electron chi connectivity index (χ1n) is 21.1. The van der Waals surface area contributed by atoms with Crippen LogP contribution in [0.15, 0.2) is 29.3 Å². The van der Waals surface area contributed by atoms with Gasteiger partial charge in [0, 0.05) is 0 Å². The van der Waals surface area contributed by atoms with Crippen LogP contribution in [0.5, 0.6) is 0 Å². The second-order valence-electron chi connectivity index (χ2n) is 12.3. The summed E-state index contributed by atoms with van der Waals surface area (Å²) >= 11 is 212. The zero-order valence-electron chi connectivity index (χ0n) is 53.0. The number of aliphatic imine (C=N–C) groups is 1. The molecule has 0 radical (unpaired) electrons. The van der Waals surface area contributed by atoms with Gasteiger partial charge in [-0.25, -0.2) is 0 Å². The van der Waals surface area contributed by atoms with Crippen molar-refractivity contribution >= 4 is 1650 Å². The van der Waals surface area contributed by atoms with Crippen molar-refractivity contribution in [1.29, 1.82) is 0 Å². The predicted octanol–water partition coefficient (Wildman–Crippen LogP) is 106. The van der Waals surface area contributed by atoms with Gasteiger partial charge in [0.05, 0.1) is 0 Å². The summed E-state index contributed by atoms with van der Waals surface area (Å²) in [4.78, 5) is 4.38. The molecule has 926 valence electrons. The Morgan fingerprint density at radius 1 is 0.178 bits per heavy atom. The molecule has 1 aromatic rings. The van der Waals surface area contributed by atoms with Gasteiger partial charge in [-0.15, -0.1) is 0 Å². The van der Waals surface area contributed by atoms with Crippen LogP contribution in [0, 0.1) is 3.57 Å². The SMILES string of the molecule is NC(N)=NCc1cccc(I(I)I(I)I(I)I(I)I(I)I(I)I(I)I(I)I(I)I(I)I(I)I(I)I(I)I(I)I(I)I(I)I(I)I(I)I(I)I(I)I(I)I(I)I(I)I(I)I(I)I(I)I(I)I(I)I(I)I(I)I(I)I(I)I(I)I(I)I(I)I(I)I(I)I(I)I(I)I(I)I(I)I(I)I(I)I(I)I(I)I(I)I(I)I(I)I(I)I(I)I(I)I(I)I(I)I(I)I(I)I(I)I(I)I(I)I(I)I(I)I(I)[I-]I)c1. The van der Waals surface area contributed by atoms with Crippen LogP contribution in [0.3, 0.4) is 0 Å². The molecule has 0 aliphatic heterocycles. The maximum atomic E-state index is 5.76. The van der Waals surface area contributed by atoms with E-state index in [1.165, 1.54) is 5.56 Å². The van der Waals surface area contributed by atoms with Crippen LogP contribution in [0.25, 0.3) is 0 Å². The first kappa shape index (κ1) is 222. The van der Waals surface area contributed by atoms with E-state index >= 15 is 0 Å². The van der Waals surface area contributed by atoms with Gasteiger partial charge in [-0.1, -0.05) is 0 Å². The minimum atomic E-state index is -1.12. The van der Waals surface area contributed by atoms with Gasteiger partial charge in [0.25, 0.3) is 0 Å². The summed E-state index contributed by atoms with van der Waals surface area (Å²) in [5, 5.41) is 0. The Hall–Kier alpha value is 89.0. The van der Waals surface area contributed by atoms with Crippen molar-refractivity contribution in [3.05, 3.63) is 33.4 Å². The van der Waals surface area contributed by atoms with E-state index in [1.807, 2.05) is 0 Å². The molecule has 0 aromatic heterocycles. The van der Waals surface area contributed by atoms with Gasteiger partial charge in [0.1, 0.15) is 0 Å². The second-order valence-corrected chi connectivity index (χ2v) is 2980. The maximum absolute atomic E-state index is 5.76. The quantitative estimate of drug-likeness (QED) is 0.0388. The standard InChI is InChI=1S/C8H10I124N3/c9-71-73(11)75(13)77(15)79(17)81(19)83(21)85(23)87(25)89(27)91(29)93(31)95(33)97(35)99(37)101(39)103(41)105(43)107(45)109(47)111(49)113(51)115(53)117(55)119(57)121(59)123(61)125(63)127(65)129(67)131(69)132(70)130(68)128(66)126(64)124(62)122(60)120(58)118(56)116(54)114(52)112(50)110(48)108(46)106(44)104(42)102(40)100(38)98(36)96(34)94(32)92(30)90(28)88(26)86(24)84(22)82(20)80(18)78(16)76(14)74(12)72(10)7-3-1-2-6(4-7)5-135-8(133)134/h1-4H,5H2,(H4,133,134,135)/q-1. The van der Waals surface area contributed by atoms with Crippen LogP contribution in [0.1, 0.15) is 5.56 Å². The minimum absolute atomic E-state index is 0.222. The van der Waals surface area contributed by atoms with Crippen molar-refractivity contribution in [2.24, 2.45) is 16.5 Å². The molecule has 1 rings (SSSR count). The number of hydrogen-bond acceptors (Lipinski definition) is 1. The van der Waals surface area contributed by atoms with E-state index < -0.39 is 486 Å². The van der Waals surface area contributed by atoms with Crippen molar-refractivity contribution in [2.45, 2.75) is 6.54 Å². The van der Waals surface area contributed by atoms with E-state index in [0.29, 0.717) is 19.8 Å². The van der Waals surface area contributed by atoms with Gasteiger partial charge in [0.2, 0.25) is 0 Å². The van der Waals surface area contributed by atoms with Crippen LogP contribution < -0.4 is 24.7 Å². The molecule has 1 aromatic carbocycles. The van der Waals surface area contributed by atoms with Crippen LogP contribution in [-0.2, 0) is 6.54 Å². The molecule has 0 saturated carbocycles. The first-order chi connectivity index (χ1) is 61.8. The predicted molar refractivity (Wildman–Crippen MR) is 1770 cm³/mol. The average Bonchev–Trinajstić information content (AvgIpc) is 0.795. The molecule has 0 unspecified atom stereocenters. The third-order valence-corrected chi connectivity index (χ3v) is 9940. The van der Waals surface area contributed by atoms with Gasteiger partial charge in [-0.3, -0.25) is 0 Å². The van der Waals surface area contributed by atoms with Gasteiger partial charge in [0.15, 0.2) is 0 Å². The second kappa shape index (κ2) is 133.